The molecule has 20 heavy (non-hydrogen) atoms. The maximum atomic E-state index is 10.6. The number of nitro groups is 1. The van der Waals surface area contributed by atoms with Gasteiger partial charge in [0.25, 0.3) is 5.69 Å². The van der Waals surface area contributed by atoms with Gasteiger partial charge in [-0.1, -0.05) is 29.8 Å². The first-order chi connectivity index (χ1) is 9.61. The Bertz CT molecular complexity index is 632. The van der Waals surface area contributed by atoms with Gasteiger partial charge in [0.15, 0.2) is 0 Å². The molecule has 0 aliphatic rings. The SMILES string of the molecule is NCc1ccccc1OCc1ccc([N+](=O)[O-])cc1Cl. The Morgan fingerprint density at radius 1 is 1.20 bits per heavy atom. The Morgan fingerprint density at radius 3 is 2.60 bits per heavy atom. The van der Waals surface area contributed by atoms with Gasteiger partial charge in [-0.05, 0) is 12.1 Å². The third kappa shape index (κ3) is 3.26. The van der Waals surface area contributed by atoms with E-state index < -0.39 is 4.92 Å². The van der Waals surface area contributed by atoms with Crippen molar-refractivity contribution in [2.45, 2.75) is 13.2 Å². The molecule has 0 fully saturated rings. The fraction of sp³-hybridized carbons (Fsp3) is 0.143. The average Bonchev–Trinajstić information content (AvgIpc) is 2.46. The van der Waals surface area contributed by atoms with Crippen LogP contribution in [0.15, 0.2) is 42.5 Å². The summed E-state index contributed by atoms with van der Waals surface area (Å²) in [6.45, 7) is 0.609. The molecule has 2 rings (SSSR count). The lowest BCUT2D eigenvalue weighted by Crippen LogP contribution is -2.03. The fourth-order valence-electron chi connectivity index (χ4n) is 1.74. The molecule has 0 unspecified atom stereocenters. The van der Waals surface area contributed by atoms with Gasteiger partial charge in [-0.25, -0.2) is 0 Å². The normalized spacial score (nSPS) is 10.3. The molecule has 2 N–H and O–H groups in total. The molecular weight excluding hydrogens is 280 g/mol. The zero-order valence-corrected chi connectivity index (χ0v) is 11.3. The van der Waals surface area contributed by atoms with E-state index in [9.17, 15) is 10.1 Å². The third-order valence-corrected chi connectivity index (χ3v) is 3.18. The first-order valence-corrected chi connectivity index (χ1v) is 6.33. The summed E-state index contributed by atoms with van der Waals surface area (Å²) in [5, 5.41) is 10.9. The molecule has 0 atom stereocenters. The number of hydrogen-bond donors (Lipinski definition) is 1. The van der Waals surface area contributed by atoms with E-state index in [0.717, 1.165) is 5.56 Å². The molecular formula is C14H13ClN2O3. The van der Waals surface area contributed by atoms with Crippen LogP contribution in [0.2, 0.25) is 5.02 Å². The lowest BCUT2D eigenvalue weighted by Gasteiger charge is -2.11. The topological polar surface area (TPSA) is 78.4 Å². The second kappa shape index (κ2) is 6.36. The molecule has 6 heteroatoms. The van der Waals surface area contributed by atoms with E-state index in [-0.39, 0.29) is 12.3 Å². The van der Waals surface area contributed by atoms with Crippen molar-refractivity contribution in [2.75, 3.05) is 0 Å². The van der Waals surface area contributed by atoms with Crippen LogP contribution < -0.4 is 10.5 Å². The largest absolute Gasteiger partial charge is 0.489 e. The number of ether oxygens (including phenoxy) is 1. The lowest BCUT2D eigenvalue weighted by atomic mass is 10.2. The minimum absolute atomic E-state index is 0.0406. The number of halogens is 1. The number of benzene rings is 2. The molecule has 2 aromatic carbocycles. The fourth-order valence-corrected chi connectivity index (χ4v) is 1.96. The predicted octanol–water partition coefficient (Wildman–Crippen LogP) is 3.29. The summed E-state index contributed by atoms with van der Waals surface area (Å²) in [5.41, 5.74) is 7.16. The first kappa shape index (κ1) is 14.3. The number of nitrogens with two attached hydrogens (primary N) is 1. The highest BCUT2D eigenvalue weighted by Gasteiger charge is 2.10. The van der Waals surface area contributed by atoms with E-state index >= 15 is 0 Å². The van der Waals surface area contributed by atoms with Gasteiger partial charge in [0, 0.05) is 29.8 Å². The van der Waals surface area contributed by atoms with Crippen LogP contribution >= 0.6 is 11.6 Å². The maximum Gasteiger partial charge on any atom is 0.270 e. The number of para-hydroxylation sites is 1. The third-order valence-electron chi connectivity index (χ3n) is 2.82. The quantitative estimate of drug-likeness (QED) is 0.677. The van der Waals surface area contributed by atoms with Gasteiger partial charge >= 0.3 is 0 Å². The minimum Gasteiger partial charge on any atom is -0.489 e. The van der Waals surface area contributed by atoms with E-state index in [4.69, 9.17) is 22.1 Å². The highest BCUT2D eigenvalue weighted by atomic mass is 35.5. The lowest BCUT2D eigenvalue weighted by molar-refractivity contribution is -0.384. The second-order valence-corrected chi connectivity index (χ2v) is 4.54. The van der Waals surface area contributed by atoms with Crippen LogP contribution in [0.3, 0.4) is 0 Å². The van der Waals surface area contributed by atoms with Crippen molar-refractivity contribution in [1.82, 2.24) is 0 Å². The van der Waals surface area contributed by atoms with E-state index in [0.29, 0.717) is 22.9 Å². The Balaban J connectivity index is 2.13. The van der Waals surface area contributed by atoms with Crippen molar-refractivity contribution in [2.24, 2.45) is 5.73 Å². The smallest absolute Gasteiger partial charge is 0.270 e. The Kier molecular flexibility index (Phi) is 4.55. The van der Waals surface area contributed by atoms with Gasteiger partial charge in [-0.3, -0.25) is 10.1 Å². The molecule has 0 aromatic heterocycles. The number of non-ortho nitro benzene ring substituents is 1. The molecule has 0 aliphatic carbocycles. The van der Waals surface area contributed by atoms with E-state index in [1.807, 2.05) is 24.3 Å². The zero-order valence-electron chi connectivity index (χ0n) is 10.6. The maximum absolute atomic E-state index is 10.6. The summed E-state index contributed by atoms with van der Waals surface area (Å²) in [5.74, 6) is 0.685. The molecule has 0 amide bonds. The summed E-state index contributed by atoms with van der Waals surface area (Å²) >= 11 is 6.00. The summed E-state index contributed by atoms with van der Waals surface area (Å²) in [4.78, 5) is 10.1. The second-order valence-electron chi connectivity index (χ2n) is 4.13. The van der Waals surface area contributed by atoms with Crippen molar-refractivity contribution in [3.05, 3.63) is 68.7 Å². The monoisotopic (exact) mass is 292 g/mol. The van der Waals surface area contributed by atoms with Gasteiger partial charge in [0.1, 0.15) is 12.4 Å². The van der Waals surface area contributed by atoms with Crippen molar-refractivity contribution in [1.29, 1.82) is 0 Å². The van der Waals surface area contributed by atoms with E-state index in [1.165, 1.54) is 12.1 Å². The molecule has 0 heterocycles. The number of nitrogens with zero attached hydrogens (tertiary/aromatic N) is 1. The van der Waals surface area contributed by atoms with Gasteiger partial charge in [0.05, 0.1) is 9.95 Å². The Hall–Kier alpha value is -2.11. The summed E-state index contributed by atoms with van der Waals surface area (Å²) in [7, 11) is 0. The zero-order chi connectivity index (χ0) is 14.5. The van der Waals surface area contributed by atoms with Gasteiger partial charge < -0.3 is 10.5 Å². The molecule has 5 nitrogen and oxygen atoms in total. The van der Waals surface area contributed by atoms with Gasteiger partial charge in [-0.2, -0.15) is 0 Å². The minimum atomic E-state index is -0.486. The average molecular weight is 293 g/mol. The first-order valence-electron chi connectivity index (χ1n) is 5.95. The summed E-state index contributed by atoms with van der Waals surface area (Å²) in [6, 6.07) is 11.7. The standard InChI is InChI=1S/C14H13ClN2O3/c15-13-7-12(17(18)19)6-5-11(13)9-20-14-4-2-1-3-10(14)8-16/h1-7H,8-9,16H2. The van der Waals surface area contributed by atoms with Crippen LogP contribution in [0.4, 0.5) is 5.69 Å². The van der Waals surface area contributed by atoms with Crippen molar-refractivity contribution < 1.29 is 9.66 Å². The Labute approximate surface area is 121 Å². The molecule has 2 aromatic rings. The van der Waals surface area contributed by atoms with Crippen LogP contribution in [0.25, 0.3) is 0 Å². The number of rotatable bonds is 5. The molecule has 0 spiro atoms. The molecule has 0 radical (unpaired) electrons. The number of hydrogen-bond acceptors (Lipinski definition) is 4. The van der Waals surface area contributed by atoms with Crippen molar-refractivity contribution in [3.63, 3.8) is 0 Å². The summed E-state index contributed by atoms with van der Waals surface area (Å²) < 4.78 is 5.66. The highest BCUT2D eigenvalue weighted by molar-refractivity contribution is 6.31. The molecule has 0 saturated carbocycles. The van der Waals surface area contributed by atoms with Crippen LogP contribution in [0, 0.1) is 10.1 Å². The Morgan fingerprint density at radius 2 is 1.95 bits per heavy atom. The van der Waals surface area contributed by atoms with Crippen LogP contribution in [0.5, 0.6) is 5.75 Å². The van der Waals surface area contributed by atoms with Crippen LogP contribution in [-0.4, -0.2) is 4.92 Å². The number of nitro benzene ring substituents is 1. The van der Waals surface area contributed by atoms with Crippen molar-refractivity contribution in [3.8, 4) is 5.75 Å². The van der Waals surface area contributed by atoms with Gasteiger partial charge in [0.2, 0.25) is 0 Å². The summed E-state index contributed by atoms with van der Waals surface area (Å²) in [6.07, 6.45) is 0. The van der Waals surface area contributed by atoms with E-state index in [1.54, 1.807) is 6.07 Å². The molecule has 104 valence electrons. The van der Waals surface area contributed by atoms with Crippen LogP contribution in [0.1, 0.15) is 11.1 Å². The molecule has 0 saturated heterocycles. The van der Waals surface area contributed by atoms with Crippen molar-refractivity contribution >= 4 is 17.3 Å². The van der Waals surface area contributed by atoms with E-state index in [2.05, 4.69) is 0 Å². The highest BCUT2D eigenvalue weighted by Crippen LogP contribution is 2.25. The molecule has 0 aliphatic heterocycles. The van der Waals surface area contributed by atoms with Gasteiger partial charge in [-0.15, -0.1) is 0 Å². The molecule has 0 bridgehead atoms. The predicted molar refractivity (Wildman–Crippen MR) is 76.8 cm³/mol. The van der Waals surface area contributed by atoms with Crippen LogP contribution in [-0.2, 0) is 13.2 Å².